The van der Waals surface area contributed by atoms with Crippen molar-refractivity contribution in [2.24, 2.45) is 5.10 Å². The molecule has 7 heteroatoms. The van der Waals surface area contributed by atoms with Crippen molar-refractivity contribution in [1.82, 2.24) is 5.43 Å². The van der Waals surface area contributed by atoms with E-state index in [4.69, 9.17) is 0 Å². The van der Waals surface area contributed by atoms with E-state index in [1.54, 1.807) is 6.07 Å². The quantitative estimate of drug-likeness (QED) is 0.340. The van der Waals surface area contributed by atoms with Gasteiger partial charge in [0.15, 0.2) is 0 Å². The smallest absolute Gasteiger partial charge is 0.275 e. The first-order valence-corrected chi connectivity index (χ1v) is 10.7. The number of hydrazone groups is 1. The number of halogens is 2. The van der Waals surface area contributed by atoms with Gasteiger partial charge >= 0.3 is 0 Å². The molecule has 0 aliphatic heterocycles. The van der Waals surface area contributed by atoms with Crippen LogP contribution in [-0.2, 0) is 10.8 Å². The van der Waals surface area contributed by atoms with E-state index >= 15 is 0 Å². The molecule has 2 aromatic rings. The second-order valence-corrected chi connectivity index (χ2v) is 10.7. The van der Waals surface area contributed by atoms with E-state index in [9.17, 15) is 15.0 Å². The van der Waals surface area contributed by atoms with Crippen molar-refractivity contribution < 1.29 is 15.0 Å². The van der Waals surface area contributed by atoms with Crippen molar-refractivity contribution in [3.8, 4) is 11.5 Å². The number of hydrogen-bond acceptors (Lipinski definition) is 4. The lowest BCUT2D eigenvalue weighted by atomic mass is 9.78. The molecule has 2 rings (SSSR count). The summed E-state index contributed by atoms with van der Waals surface area (Å²) in [5, 5.41) is 24.9. The number of benzene rings is 2. The summed E-state index contributed by atoms with van der Waals surface area (Å²) in [7, 11) is 0. The van der Waals surface area contributed by atoms with E-state index in [1.165, 1.54) is 12.3 Å². The molecule has 3 N–H and O–H groups in total. The third kappa shape index (κ3) is 5.60. The first-order valence-electron chi connectivity index (χ1n) is 9.11. The molecule has 0 saturated carbocycles. The van der Waals surface area contributed by atoms with Crippen LogP contribution in [0, 0.1) is 0 Å². The average molecular weight is 526 g/mol. The van der Waals surface area contributed by atoms with Crippen LogP contribution in [0.3, 0.4) is 0 Å². The second kappa shape index (κ2) is 8.48. The Morgan fingerprint density at radius 2 is 1.45 bits per heavy atom. The van der Waals surface area contributed by atoms with Crippen LogP contribution in [0.1, 0.15) is 68.6 Å². The number of carbonyl (C=O) groups is 1. The molecule has 0 aromatic heterocycles. The van der Waals surface area contributed by atoms with Crippen molar-refractivity contribution >= 4 is 44.0 Å². The number of rotatable bonds is 3. The Balaban J connectivity index is 2.37. The Hall–Kier alpha value is -1.86. The maximum Gasteiger partial charge on any atom is 0.275 e. The van der Waals surface area contributed by atoms with Gasteiger partial charge in [0, 0.05) is 15.6 Å². The van der Waals surface area contributed by atoms with E-state index in [0.717, 1.165) is 16.7 Å². The molecule has 156 valence electrons. The first-order chi connectivity index (χ1) is 13.2. The third-order valence-corrected chi connectivity index (χ3v) is 5.46. The zero-order valence-corrected chi connectivity index (χ0v) is 20.6. The molecule has 0 fully saturated rings. The molecule has 0 atom stereocenters. The molecule has 0 unspecified atom stereocenters. The van der Waals surface area contributed by atoms with E-state index in [2.05, 4.69) is 42.4 Å². The molecule has 0 radical (unpaired) electrons. The predicted molar refractivity (Wildman–Crippen MR) is 124 cm³/mol. The fourth-order valence-electron chi connectivity index (χ4n) is 2.84. The number of nitrogens with one attached hydrogen (secondary N) is 1. The van der Waals surface area contributed by atoms with Crippen LogP contribution < -0.4 is 5.43 Å². The standard InChI is InChI=1S/C22H26Br2N2O3/c1-21(2,3)15-7-12(8-16(19(15)28)22(4,5)6)11-25-26-20(29)14-9-13(23)10-17(24)18(14)27/h7-11,27-28H,1-6H3,(H,26,29)/b25-11-. The van der Waals surface area contributed by atoms with Gasteiger partial charge < -0.3 is 10.2 Å². The zero-order chi connectivity index (χ0) is 22.1. The van der Waals surface area contributed by atoms with Gasteiger partial charge in [0.2, 0.25) is 0 Å². The van der Waals surface area contributed by atoms with Gasteiger partial charge in [-0.1, -0.05) is 57.5 Å². The zero-order valence-electron chi connectivity index (χ0n) is 17.4. The summed E-state index contributed by atoms with van der Waals surface area (Å²) in [6, 6.07) is 6.90. The number of carbonyl (C=O) groups excluding carboxylic acids is 1. The third-order valence-electron chi connectivity index (χ3n) is 4.40. The fourth-order valence-corrected chi connectivity index (χ4v) is 4.06. The highest BCUT2D eigenvalue weighted by atomic mass is 79.9. The van der Waals surface area contributed by atoms with Crippen molar-refractivity contribution in [3.05, 3.63) is 55.5 Å². The van der Waals surface area contributed by atoms with Crippen LogP contribution in [0.5, 0.6) is 11.5 Å². The normalized spacial score (nSPS) is 12.4. The Labute approximate surface area is 188 Å². The monoisotopic (exact) mass is 524 g/mol. The van der Waals surface area contributed by atoms with Crippen LogP contribution in [-0.4, -0.2) is 22.3 Å². The fraction of sp³-hybridized carbons (Fsp3) is 0.364. The van der Waals surface area contributed by atoms with Gasteiger partial charge in [0.25, 0.3) is 5.91 Å². The van der Waals surface area contributed by atoms with Crippen molar-refractivity contribution in [1.29, 1.82) is 0 Å². The van der Waals surface area contributed by atoms with Crippen LogP contribution in [0.25, 0.3) is 0 Å². The number of nitrogens with zero attached hydrogens (tertiary/aromatic N) is 1. The molecule has 29 heavy (non-hydrogen) atoms. The Bertz CT molecular complexity index is 936. The highest BCUT2D eigenvalue weighted by Gasteiger charge is 2.26. The van der Waals surface area contributed by atoms with E-state index < -0.39 is 5.91 Å². The first kappa shape index (κ1) is 23.4. The Kier molecular flexibility index (Phi) is 6.85. The second-order valence-electron chi connectivity index (χ2n) is 8.95. The van der Waals surface area contributed by atoms with E-state index in [1.807, 2.05) is 53.7 Å². The SMILES string of the molecule is CC(C)(C)c1cc(/C=N\NC(=O)c2cc(Br)cc(Br)c2O)cc(C(C)(C)C)c1O. The lowest BCUT2D eigenvalue weighted by molar-refractivity contribution is 0.0952. The molecule has 5 nitrogen and oxygen atoms in total. The number of hydrogen-bond donors (Lipinski definition) is 3. The average Bonchev–Trinajstić information content (AvgIpc) is 2.57. The molecular weight excluding hydrogens is 500 g/mol. The molecule has 2 aromatic carbocycles. The van der Waals surface area contributed by atoms with Gasteiger partial charge in [0.1, 0.15) is 11.5 Å². The maximum atomic E-state index is 12.4. The minimum absolute atomic E-state index is 0.0971. The van der Waals surface area contributed by atoms with Crippen LogP contribution in [0.2, 0.25) is 0 Å². The highest BCUT2D eigenvalue weighted by Crippen LogP contribution is 2.39. The summed E-state index contributed by atoms with van der Waals surface area (Å²) >= 11 is 6.50. The molecule has 0 heterocycles. The summed E-state index contributed by atoms with van der Waals surface area (Å²) in [6.07, 6.45) is 1.53. The summed E-state index contributed by atoms with van der Waals surface area (Å²) in [5.41, 5.74) is 4.40. The predicted octanol–water partition coefficient (Wildman–Crippen LogP) is 5.98. The molecule has 0 saturated heterocycles. The Morgan fingerprint density at radius 1 is 0.931 bits per heavy atom. The molecule has 0 aliphatic carbocycles. The van der Waals surface area contributed by atoms with E-state index in [-0.39, 0.29) is 27.9 Å². The van der Waals surface area contributed by atoms with Gasteiger partial charge in [-0.3, -0.25) is 4.79 Å². The summed E-state index contributed by atoms with van der Waals surface area (Å²) in [5.74, 6) is -0.405. The summed E-state index contributed by atoms with van der Waals surface area (Å²) in [6.45, 7) is 12.2. The summed E-state index contributed by atoms with van der Waals surface area (Å²) in [4.78, 5) is 12.4. The molecular formula is C22H26Br2N2O3. The van der Waals surface area contributed by atoms with Gasteiger partial charge in [0.05, 0.1) is 16.3 Å². The molecule has 0 aliphatic rings. The lowest BCUT2D eigenvalue weighted by Gasteiger charge is -2.27. The van der Waals surface area contributed by atoms with Crippen LogP contribution in [0.4, 0.5) is 0 Å². The van der Waals surface area contributed by atoms with Crippen LogP contribution in [0.15, 0.2) is 38.3 Å². The molecule has 1 amide bonds. The van der Waals surface area contributed by atoms with Gasteiger partial charge in [-0.15, -0.1) is 0 Å². The van der Waals surface area contributed by atoms with Crippen molar-refractivity contribution in [2.45, 2.75) is 52.4 Å². The maximum absolute atomic E-state index is 12.4. The largest absolute Gasteiger partial charge is 0.507 e. The van der Waals surface area contributed by atoms with Gasteiger partial charge in [-0.2, -0.15) is 5.10 Å². The minimum atomic E-state index is -0.536. The number of phenolic OH excluding ortho intramolecular Hbond substituents is 2. The number of aromatic hydroxyl groups is 2. The van der Waals surface area contributed by atoms with Crippen molar-refractivity contribution in [3.63, 3.8) is 0 Å². The van der Waals surface area contributed by atoms with E-state index in [0.29, 0.717) is 8.95 Å². The topological polar surface area (TPSA) is 81.9 Å². The van der Waals surface area contributed by atoms with Gasteiger partial charge in [-0.05, 0) is 56.6 Å². The highest BCUT2D eigenvalue weighted by molar-refractivity contribution is 9.11. The minimum Gasteiger partial charge on any atom is -0.507 e. The number of phenols is 2. The van der Waals surface area contributed by atoms with Gasteiger partial charge in [-0.25, -0.2) is 5.43 Å². The molecule has 0 bridgehead atoms. The number of amides is 1. The summed E-state index contributed by atoms with van der Waals surface area (Å²) < 4.78 is 1.06. The van der Waals surface area contributed by atoms with Crippen LogP contribution >= 0.6 is 31.9 Å². The van der Waals surface area contributed by atoms with Crippen molar-refractivity contribution in [2.75, 3.05) is 0 Å². The Morgan fingerprint density at radius 3 is 1.93 bits per heavy atom. The molecule has 0 spiro atoms. The lowest BCUT2D eigenvalue weighted by Crippen LogP contribution is -2.19.